The van der Waals surface area contributed by atoms with Crippen LogP contribution >= 0.6 is 28.2 Å². The van der Waals surface area contributed by atoms with Crippen molar-refractivity contribution in [1.29, 1.82) is 0 Å². The monoisotopic (exact) mass is 280 g/mol. The minimum atomic E-state index is -4.07. The van der Waals surface area contributed by atoms with E-state index in [1.54, 1.807) is 24.3 Å². The Kier molecular flexibility index (Phi) is 4.19. The summed E-state index contributed by atoms with van der Waals surface area (Å²) >= 11 is 1.60. The standard InChI is InChI=1S/C10H17O3PS2/c1-8-9(15-2)6-5-7-10(8)16(3,4)14(11,12)13/h5-7H,1-4H3,(H2,11,12,13). The molecule has 0 spiro atoms. The van der Waals surface area contributed by atoms with E-state index in [2.05, 4.69) is 0 Å². The fourth-order valence-electron chi connectivity index (χ4n) is 1.48. The minimum Gasteiger partial charge on any atom is -0.317 e. The summed E-state index contributed by atoms with van der Waals surface area (Å²) in [6.07, 6.45) is 5.30. The van der Waals surface area contributed by atoms with E-state index in [4.69, 9.17) is 0 Å². The van der Waals surface area contributed by atoms with Crippen molar-refractivity contribution in [2.24, 2.45) is 0 Å². The first-order chi connectivity index (χ1) is 7.21. The Morgan fingerprint density at radius 1 is 1.31 bits per heavy atom. The van der Waals surface area contributed by atoms with Crippen molar-refractivity contribution < 1.29 is 14.4 Å². The predicted molar refractivity (Wildman–Crippen MR) is 72.7 cm³/mol. The van der Waals surface area contributed by atoms with E-state index in [1.165, 1.54) is 0 Å². The van der Waals surface area contributed by atoms with E-state index in [-0.39, 0.29) is 0 Å². The molecule has 3 nitrogen and oxygen atoms in total. The van der Waals surface area contributed by atoms with Gasteiger partial charge in [-0.05, 0) is 43.4 Å². The molecule has 1 rings (SSSR count). The number of hydrogen-bond acceptors (Lipinski definition) is 2. The second-order valence-corrected chi connectivity index (χ2v) is 12.8. The lowest BCUT2D eigenvalue weighted by Gasteiger charge is -2.33. The Balaban J connectivity index is 3.40. The summed E-state index contributed by atoms with van der Waals surface area (Å²) in [6, 6.07) is 5.65. The van der Waals surface area contributed by atoms with Gasteiger partial charge in [-0.15, -0.1) is 21.4 Å². The molecule has 0 bridgehead atoms. The summed E-state index contributed by atoms with van der Waals surface area (Å²) in [6.45, 7) is -2.15. The van der Waals surface area contributed by atoms with Crippen molar-refractivity contribution in [3.63, 3.8) is 0 Å². The summed E-state index contributed by atoms with van der Waals surface area (Å²) in [5.41, 5.74) is 0.985. The normalized spacial score (nSPS) is 13.9. The molecule has 0 radical (unpaired) electrons. The van der Waals surface area contributed by atoms with Crippen LogP contribution in [0.5, 0.6) is 0 Å². The molecule has 0 atom stereocenters. The van der Waals surface area contributed by atoms with E-state index >= 15 is 0 Å². The first kappa shape index (κ1) is 14.1. The lowest BCUT2D eigenvalue weighted by atomic mass is 10.2. The quantitative estimate of drug-likeness (QED) is 0.659. The van der Waals surface area contributed by atoms with Gasteiger partial charge in [0.2, 0.25) is 0 Å². The summed E-state index contributed by atoms with van der Waals surface area (Å²) in [5.74, 6) is 0. The highest BCUT2D eigenvalue weighted by atomic mass is 32.8. The fraction of sp³-hybridized carbons (Fsp3) is 0.400. The van der Waals surface area contributed by atoms with Crippen LogP contribution in [0.1, 0.15) is 5.56 Å². The Bertz CT molecular complexity index is 440. The van der Waals surface area contributed by atoms with Gasteiger partial charge in [-0.3, -0.25) is 0 Å². The third-order valence-electron chi connectivity index (χ3n) is 2.59. The highest BCUT2D eigenvalue weighted by molar-refractivity contribution is 8.76. The van der Waals surface area contributed by atoms with Gasteiger partial charge in [-0.25, -0.2) is 4.57 Å². The molecule has 2 N–H and O–H groups in total. The van der Waals surface area contributed by atoms with Gasteiger partial charge in [0.05, 0.1) is 0 Å². The first-order valence-electron chi connectivity index (χ1n) is 4.64. The van der Waals surface area contributed by atoms with E-state index in [1.807, 2.05) is 31.4 Å². The van der Waals surface area contributed by atoms with Crippen LogP contribution in [0.2, 0.25) is 0 Å². The third kappa shape index (κ3) is 2.49. The van der Waals surface area contributed by atoms with Gasteiger partial charge in [0, 0.05) is 9.79 Å². The molecule has 1 aromatic carbocycles. The van der Waals surface area contributed by atoms with E-state index in [9.17, 15) is 14.4 Å². The van der Waals surface area contributed by atoms with Crippen molar-refractivity contribution in [2.75, 3.05) is 18.8 Å². The molecule has 16 heavy (non-hydrogen) atoms. The van der Waals surface area contributed by atoms with Crippen molar-refractivity contribution in [1.82, 2.24) is 0 Å². The molecule has 0 saturated carbocycles. The maximum atomic E-state index is 11.5. The summed E-state index contributed by atoms with van der Waals surface area (Å²) in [4.78, 5) is 20.7. The predicted octanol–water partition coefficient (Wildman–Crippen LogP) is 3.23. The summed E-state index contributed by atoms with van der Waals surface area (Å²) in [7, 11) is -2.09. The van der Waals surface area contributed by atoms with Gasteiger partial charge < -0.3 is 9.79 Å². The van der Waals surface area contributed by atoms with E-state index < -0.39 is 16.4 Å². The van der Waals surface area contributed by atoms with Crippen LogP contribution in [0.4, 0.5) is 0 Å². The van der Waals surface area contributed by atoms with Gasteiger partial charge >= 0.3 is 6.80 Å². The van der Waals surface area contributed by atoms with Crippen LogP contribution < -0.4 is 0 Å². The molecular weight excluding hydrogens is 263 g/mol. The van der Waals surface area contributed by atoms with Gasteiger partial charge in [0.25, 0.3) is 0 Å². The number of thioether (sulfide) groups is 1. The van der Waals surface area contributed by atoms with Crippen molar-refractivity contribution >= 4 is 28.2 Å². The largest absolute Gasteiger partial charge is 0.370 e. The van der Waals surface area contributed by atoms with Gasteiger partial charge in [0.1, 0.15) is 0 Å². The molecule has 0 amide bonds. The number of rotatable bonds is 3. The van der Waals surface area contributed by atoms with E-state index in [0.29, 0.717) is 0 Å². The smallest absolute Gasteiger partial charge is 0.317 e. The van der Waals surface area contributed by atoms with Crippen LogP contribution in [0, 0.1) is 6.92 Å². The Morgan fingerprint density at radius 3 is 2.31 bits per heavy atom. The van der Waals surface area contributed by atoms with Crippen LogP contribution in [0.25, 0.3) is 0 Å². The summed E-state index contributed by atoms with van der Waals surface area (Å²) in [5, 5.41) is 0. The SMILES string of the molecule is CSc1cccc(S(C)(C)P(=O)(O)O)c1C. The average Bonchev–Trinajstić information content (AvgIpc) is 2.16. The zero-order chi connectivity index (χ0) is 12.6. The zero-order valence-corrected chi connectivity index (χ0v) is 12.3. The molecule has 6 heteroatoms. The Labute approximate surface area is 102 Å². The molecule has 0 aliphatic rings. The van der Waals surface area contributed by atoms with Gasteiger partial charge in [-0.1, -0.05) is 6.07 Å². The van der Waals surface area contributed by atoms with Crippen LogP contribution in [0.3, 0.4) is 0 Å². The lowest BCUT2D eigenvalue weighted by molar-refractivity contribution is 0.395. The Hall–Kier alpha value is 0.0700. The maximum Gasteiger partial charge on any atom is 0.370 e. The molecule has 0 aliphatic carbocycles. The van der Waals surface area contributed by atoms with E-state index in [0.717, 1.165) is 15.4 Å². The van der Waals surface area contributed by atoms with Gasteiger partial charge in [0.15, 0.2) is 0 Å². The molecular formula is C10H17O3PS2. The molecule has 0 unspecified atom stereocenters. The summed E-state index contributed by atoms with van der Waals surface area (Å²) < 4.78 is 11.5. The molecule has 0 aromatic heterocycles. The third-order valence-corrected chi connectivity index (χ3v) is 10.3. The highest BCUT2D eigenvalue weighted by Gasteiger charge is 2.35. The molecule has 0 heterocycles. The first-order valence-corrected chi connectivity index (χ1v) is 10.5. The Morgan fingerprint density at radius 2 is 1.88 bits per heavy atom. The van der Waals surface area contributed by atoms with Gasteiger partial charge in [-0.2, -0.15) is 0 Å². The molecule has 1 aromatic rings. The van der Waals surface area contributed by atoms with Crippen molar-refractivity contribution in [3.8, 4) is 0 Å². The zero-order valence-electron chi connectivity index (χ0n) is 9.80. The number of benzene rings is 1. The molecule has 0 aliphatic heterocycles. The topological polar surface area (TPSA) is 57.5 Å². The second-order valence-electron chi connectivity index (χ2n) is 3.85. The maximum absolute atomic E-state index is 11.5. The second kappa shape index (κ2) is 4.75. The molecule has 0 fully saturated rings. The average molecular weight is 280 g/mol. The number of hydrogen-bond donors (Lipinski definition) is 2. The fourth-order valence-corrected chi connectivity index (χ4v) is 5.07. The molecule has 92 valence electrons. The highest BCUT2D eigenvalue weighted by Crippen LogP contribution is 2.77. The molecule has 0 saturated heterocycles. The van der Waals surface area contributed by atoms with Crippen LogP contribution in [-0.2, 0) is 4.57 Å². The lowest BCUT2D eigenvalue weighted by Crippen LogP contribution is -2.00. The van der Waals surface area contributed by atoms with Crippen molar-refractivity contribution in [3.05, 3.63) is 23.8 Å². The van der Waals surface area contributed by atoms with Crippen LogP contribution in [0.15, 0.2) is 28.0 Å². The minimum absolute atomic E-state index is 0.799. The van der Waals surface area contributed by atoms with Crippen molar-refractivity contribution in [2.45, 2.75) is 16.7 Å². The van der Waals surface area contributed by atoms with Crippen LogP contribution in [-0.4, -0.2) is 28.6 Å².